The molecular formula is C14H13N5O2. The van der Waals surface area contributed by atoms with Gasteiger partial charge < -0.3 is 9.88 Å². The van der Waals surface area contributed by atoms with Gasteiger partial charge in [0.05, 0.1) is 11.9 Å². The number of hydrogen-bond donors (Lipinski definition) is 1. The number of carbonyl (C=O) groups excluding carboxylic acids is 1. The number of aromatic nitrogens is 4. The van der Waals surface area contributed by atoms with E-state index >= 15 is 0 Å². The van der Waals surface area contributed by atoms with Crippen molar-refractivity contribution in [1.29, 1.82) is 0 Å². The van der Waals surface area contributed by atoms with Gasteiger partial charge in [-0.2, -0.15) is 0 Å². The Morgan fingerprint density at radius 3 is 3.00 bits per heavy atom. The SMILES string of the molecule is CCn1cc(NC(=O)c2cnc3ncccn23)ccc1=O. The van der Waals surface area contributed by atoms with E-state index in [4.69, 9.17) is 0 Å². The number of nitrogens with zero attached hydrogens (tertiary/aromatic N) is 4. The average Bonchev–Trinajstić information content (AvgIpc) is 2.93. The molecule has 7 heteroatoms. The Kier molecular flexibility index (Phi) is 3.23. The van der Waals surface area contributed by atoms with Crippen molar-refractivity contribution >= 4 is 17.4 Å². The van der Waals surface area contributed by atoms with E-state index in [0.717, 1.165) is 0 Å². The van der Waals surface area contributed by atoms with Crippen LogP contribution in [-0.2, 0) is 6.54 Å². The first-order chi connectivity index (χ1) is 10.2. The first-order valence-corrected chi connectivity index (χ1v) is 6.49. The van der Waals surface area contributed by atoms with Crippen LogP contribution in [-0.4, -0.2) is 24.8 Å². The Labute approximate surface area is 119 Å². The van der Waals surface area contributed by atoms with Crippen molar-refractivity contribution in [3.8, 4) is 0 Å². The van der Waals surface area contributed by atoms with Crippen LogP contribution in [0.15, 0.2) is 47.8 Å². The van der Waals surface area contributed by atoms with Gasteiger partial charge in [-0.3, -0.25) is 14.0 Å². The van der Waals surface area contributed by atoms with Crippen LogP contribution in [0.1, 0.15) is 17.4 Å². The van der Waals surface area contributed by atoms with E-state index in [1.165, 1.54) is 16.8 Å². The number of amides is 1. The van der Waals surface area contributed by atoms with E-state index in [9.17, 15) is 9.59 Å². The van der Waals surface area contributed by atoms with Crippen LogP contribution in [0.5, 0.6) is 0 Å². The zero-order valence-electron chi connectivity index (χ0n) is 11.4. The van der Waals surface area contributed by atoms with E-state index in [0.29, 0.717) is 23.7 Å². The smallest absolute Gasteiger partial charge is 0.274 e. The minimum absolute atomic E-state index is 0.102. The Morgan fingerprint density at radius 2 is 2.19 bits per heavy atom. The van der Waals surface area contributed by atoms with Crippen molar-refractivity contribution in [2.24, 2.45) is 0 Å². The Bertz CT molecular complexity index is 865. The zero-order valence-corrected chi connectivity index (χ0v) is 11.4. The fourth-order valence-corrected chi connectivity index (χ4v) is 2.04. The number of imidazole rings is 1. The molecule has 0 saturated carbocycles. The minimum Gasteiger partial charge on any atom is -0.319 e. The van der Waals surface area contributed by atoms with E-state index in [1.54, 1.807) is 35.1 Å². The van der Waals surface area contributed by atoms with Crippen LogP contribution >= 0.6 is 0 Å². The molecule has 0 aromatic carbocycles. The van der Waals surface area contributed by atoms with Gasteiger partial charge in [0.25, 0.3) is 11.5 Å². The molecule has 1 N–H and O–H groups in total. The molecule has 0 aliphatic carbocycles. The molecule has 1 amide bonds. The van der Waals surface area contributed by atoms with Gasteiger partial charge in [0.1, 0.15) is 5.69 Å². The molecule has 0 radical (unpaired) electrons. The molecule has 0 atom stereocenters. The quantitative estimate of drug-likeness (QED) is 0.782. The van der Waals surface area contributed by atoms with Crippen LogP contribution in [0.4, 0.5) is 5.69 Å². The van der Waals surface area contributed by atoms with Gasteiger partial charge in [0.2, 0.25) is 5.78 Å². The Morgan fingerprint density at radius 1 is 1.33 bits per heavy atom. The normalized spacial score (nSPS) is 10.7. The highest BCUT2D eigenvalue weighted by molar-refractivity contribution is 6.03. The summed E-state index contributed by atoms with van der Waals surface area (Å²) in [6, 6.07) is 4.73. The highest BCUT2D eigenvalue weighted by atomic mass is 16.2. The van der Waals surface area contributed by atoms with Gasteiger partial charge >= 0.3 is 0 Å². The summed E-state index contributed by atoms with van der Waals surface area (Å²) in [6.07, 6.45) is 6.41. The van der Waals surface area contributed by atoms with Gasteiger partial charge in [0, 0.05) is 31.2 Å². The predicted molar refractivity (Wildman–Crippen MR) is 77.3 cm³/mol. The maximum atomic E-state index is 12.3. The van der Waals surface area contributed by atoms with Gasteiger partial charge in [-0.25, -0.2) is 9.97 Å². The van der Waals surface area contributed by atoms with Crippen molar-refractivity contribution in [2.45, 2.75) is 13.5 Å². The zero-order chi connectivity index (χ0) is 14.8. The highest BCUT2D eigenvalue weighted by Crippen LogP contribution is 2.09. The van der Waals surface area contributed by atoms with Crippen molar-refractivity contribution in [2.75, 3.05) is 5.32 Å². The molecular weight excluding hydrogens is 270 g/mol. The predicted octanol–water partition coefficient (Wildman–Crippen LogP) is 1.16. The third-order valence-electron chi connectivity index (χ3n) is 3.10. The lowest BCUT2D eigenvalue weighted by atomic mass is 10.3. The molecule has 21 heavy (non-hydrogen) atoms. The van der Waals surface area contributed by atoms with Crippen LogP contribution in [0.2, 0.25) is 0 Å². The first kappa shape index (κ1) is 13.0. The number of pyridine rings is 1. The second-order valence-corrected chi connectivity index (χ2v) is 4.43. The summed E-state index contributed by atoms with van der Waals surface area (Å²) >= 11 is 0. The monoisotopic (exact) mass is 283 g/mol. The molecule has 3 aromatic rings. The third kappa shape index (κ3) is 2.40. The molecule has 0 unspecified atom stereocenters. The van der Waals surface area contributed by atoms with Crippen molar-refractivity contribution in [3.05, 3.63) is 59.0 Å². The van der Waals surface area contributed by atoms with Crippen molar-refractivity contribution in [3.63, 3.8) is 0 Å². The average molecular weight is 283 g/mol. The number of nitrogens with one attached hydrogen (secondary N) is 1. The van der Waals surface area contributed by atoms with Crippen LogP contribution < -0.4 is 10.9 Å². The van der Waals surface area contributed by atoms with Gasteiger partial charge in [-0.05, 0) is 19.1 Å². The summed E-state index contributed by atoms with van der Waals surface area (Å²) in [6.45, 7) is 2.41. The standard InChI is InChI=1S/C14H13N5O2/c1-2-18-9-10(4-5-12(18)20)17-13(21)11-8-16-14-15-6-3-7-19(11)14/h3-9H,2H2,1H3,(H,17,21). The number of rotatable bonds is 3. The Hall–Kier alpha value is -2.96. The fourth-order valence-electron chi connectivity index (χ4n) is 2.04. The summed E-state index contributed by atoms with van der Waals surface area (Å²) in [7, 11) is 0. The van der Waals surface area contributed by atoms with E-state index < -0.39 is 0 Å². The lowest BCUT2D eigenvalue weighted by molar-refractivity contribution is 0.102. The highest BCUT2D eigenvalue weighted by Gasteiger charge is 2.12. The second-order valence-electron chi connectivity index (χ2n) is 4.43. The maximum Gasteiger partial charge on any atom is 0.274 e. The molecule has 0 saturated heterocycles. The first-order valence-electron chi connectivity index (χ1n) is 6.49. The topological polar surface area (TPSA) is 81.3 Å². The summed E-state index contributed by atoms with van der Waals surface area (Å²) in [5.41, 5.74) is 0.835. The van der Waals surface area contributed by atoms with Crippen LogP contribution in [0.3, 0.4) is 0 Å². The summed E-state index contributed by atoms with van der Waals surface area (Å²) in [5.74, 6) is 0.151. The minimum atomic E-state index is -0.309. The second kappa shape index (κ2) is 5.20. The van der Waals surface area contributed by atoms with Crippen molar-refractivity contribution < 1.29 is 4.79 Å². The molecule has 3 rings (SSSR count). The molecule has 3 aromatic heterocycles. The molecule has 7 nitrogen and oxygen atoms in total. The number of carbonyl (C=O) groups is 1. The molecule has 0 fully saturated rings. The number of aryl methyl sites for hydroxylation is 1. The van der Waals surface area contributed by atoms with Gasteiger partial charge in [0.15, 0.2) is 0 Å². The fraction of sp³-hybridized carbons (Fsp3) is 0.143. The molecule has 0 spiro atoms. The third-order valence-corrected chi connectivity index (χ3v) is 3.10. The number of anilines is 1. The molecule has 0 aliphatic rings. The summed E-state index contributed by atoms with van der Waals surface area (Å²) in [5, 5.41) is 2.75. The molecule has 3 heterocycles. The number of hydrogen-bond acceptors (Lipinski definition) is 4. The molecule has 0 aliphatic heterocycles. The van der Waals surface area contributed by atoms with E-state index in [1.807, 2.05) is 6.92 Å². The van der Waals surface area contributed by atoms with E-state index in [-0.39, 0.29) is 11.5 Å². The lowest BCUT2D eigenvalue weighted by Crippen LogP contribution is -2.20. The molecule has 106 valence electrons. The largest absolute Gasteiger partial charge is 0.319 e. The number of fused-ring (bicyclic) bond motifs is 1. The van der Waals surface area contributed by atoms with E-state index in [2.05, 4.69) is 15.3 Å². The van der Waals surface area contributed by atoms with Crippen LogP contribution in [0.25, 0.3) is 5.78 Å². The lowest BCUT2D eigenvalue weighted by Gasteiger charge is -2.07. The van der Waals surface area contributed by atoms with Crippen LogP contribution in [0, 0.1) is 0 Å². The summed E-state index contributed by atoms with van der Waals surface area (Å²) < 4.78 is 3.12. The van der Waals surface area contributed by atoms with Gasteiger partial charge in [-0.1, -0.05) is 0 Å². The van der Waals surface area contributed by atoms with Crippen molar-refractivity contribution in [1.82, 2.24) is 18.9 Å². The van der Waals surface area contributed by atoms with Gasteiger partial charge in [-0.15, -0.1) is 0 Å². The molecule has 0 bridgehead atoms. The maximum absolute atomic E-state index is 12.3. The Balaban J connectivity index is 1.91. The summed E-state index contributed by atoms with van der Waals surface area (Å²) in [4.78, 5) is 31.9.